The lowest BCUT2D eigenvalue weighted by Gasteiger charge is -2.06. The molecule has 58 valence electrons. The molecular weight excluding hydrogens is 140 g/mol. The summed E-state index contributed by atoms with van der Waals surface area (Å²) >= 11 is 0. The molecule has 1 aromatic heterocycles. The molecule has 0 aliphatic heterocycles. The fourth-order valence-corrected chi connectivity index (χ4v) is 1.03. The van der Waals surface area contributed by atoms with Crippen LogP contribution in [0.1, 0.15) is 18.7 Å². The first-order valence-corrected chi connectivity index (χ1v) is 3.45. The molecule has 0 aliphatic rings. The van der Waals surface area contributed by atoms with Crippen molar-refractivity contribution in [3.8, 4) is 6.07 Å². The zero-order valence-corrected chi connectivity index (χ0v) is 6.36. The fourth-order valence-electron chi connectivity index (χ4n) is 1.03. The van der Waals surface area contributed by atoms with Crippen molar-refractivity contribution < 1.29 is 5.11 Å². The average molecular weight is 150 g/mol. The molecule has 1 aromatic rings. The summed E-state index contributed by atoms with van der Waals surface area (Å²) in [6, 6.07) is 5.64. The first-order chi connectivity index (χ1) is 5.25. The maximum Gasteiger partial charge on any atom is 0.109 e. The van der Waals surface area contributed by atoms with E-state index in [-0.39, 0.29) is 0 Å². The molecule has 0 fully saturated rings. The molecule has 1 unspecified atom stereocenters. The lowest BCUT2D eigenvalue weighted by molar-refractivity contribution is 0.190. The van der Waals surface area contributed by atoms with E-state index in [9.17, 15) is 5.11 Å². The lowest BCUT2D eigenvalue weighted by Crippen LogP contribution is -2.02. The highest BCUT2D eigenvalue weighted by Crippen LogP contribution is 2.11. The van der Waals surface area contributed by atoms with Crippen LogP contribution in [0, 0.1) is 11.3 Å². The van der Waals surface area contributed by atoms with Crippen LogP contribution >= 0.6 is 0 Å². The quantitative estimate of drug-likeness (QED) is 0.685. The summed E-state index contributed by atoms with van der Waals surface area (Å²) in [5.74, 6) is 0. The van der Waals surface area contributed by atoms with Gasteiger partial charge in [0.05, 0.1) is 12.2 Å². The van der Waals surface area contributed by atoms with Crippen molar-refractivity contribution in [1.82, 2.24) is 4.57 Å². The van der Waals surface area contributed by atoms with Gasteiger partial charge in [0, 0.05) is 11.9 Å². The maximum absolute atomic E-state index is 9.19. The third kappa shape index (κ3) is 1.60. The van der Waals surface area contributed by atoms with E-state index in [0.717, 1.165) is 5.69 Å². The predicted molar refractivity (Wildman–Crippen MR) is 40.7 cm³/mol. The van der Waals surface area contributed by atoms with Crippen LogP contribution in [-0.2, 0) is 6.54 Å². The Morgan fingerprint density at radius 3 is 3.09 bits per heavy atom. The molecule has 0 radical (unpaired) electrons. The van der Waals surface area contributed by atoms with Crippen LogP contribution in [0.15, 0.2) is 18.3 Å². The number of hydrogen-bond donors (Lipinski definition) is 1. The highest BCUT2D eigenvalue weighted by atomic mass is 16.3. The number of aliphatic hydroxyl groups excluding tert-OH is 1. The van der Waals surface area contributed by atoms with Crippen LogP contribution < -0.4 is 0 Å². The number of hydrogen-bond acceptors (Lipinski definition) is 2. The van der Waals surface area contributed by atoms with Crippen LogP contribution in [0.4, 0.5) is 0 Å². The molecule has 1 N–H and O–H groups in total. The van der Waals surface area contributed by atoms with Crippen molar-refractivity contribution in [1.29, 1.82) is 5.26 Å². The van der Waals surface area contributed by atoms with Gasteiger partial charge in [-0.2, -0.15) is 5.26 Å². The van der Waals surface area contributed by atoms with E-state index in [4.69, 9.17) is 5.26 Å². The van der Waals surface area contributed by atoms with Gasteiger partial charge in [-0.3, -0.25) is 0 Å². The van der Waals surface area contributed by atoms with Gasteiger partial charge in [-0.25, -0.2) is 0 Å². The van der Waals surface area contributed by atoms with Gasteiger partial charge < -0.3 is 9.67 Å². The molecule has 0 saturated heterocycles. The molecule has 1 rings (SSSR count). The van der Waals surface area contributed by atoms with Gasteiger partial charge in [-0.15, -0.1) is 0 Å². The van der Waals surface area contributed by atoms with Gasteiger partial charge in [0.1, 0.15) is 6.54 Å². The molecule has 0 spiro atoms. The molecule has 0 aliphatic carbocycles. The van der Waals surface area contributed by atoms with Crippen molar-refractivity contribution in [2.24, 2.45) is 0 Å². The van der Waals surface area contributed by atoms with E-state index in [1.165, 1.54) is 0 Å². The third-order valence-corrected chi connectivity index (χ3v) is 1.53. The number of aromatic nitrogens is 1. The Labute approximate surface area is 65.5 Å². The fraction of sp³-hybridized carbons (Fsp3) is 0.375. The van der Waals surface area contributed by atoms with Gasteiger partial charge in [-0.1, -0.05) is 0 Å². The lowest BCUT2D eigenvalue weighted by atomic mass is 10.3. The first kappa shape index (κ1) is 7.83. The van der Waals surface area contributed by atoms with E-state index < -0.39 is 6.10 Å². The second kappa shape index (κ2) is 3.22. The van der Waals surface area contributed by atoms with Crippen LogP contribution in [0.25, 0.3) is 0 Å². The SMILES string of the molecule is CC(O)c1cccn1CC#N. The maximum atomic E-state index is 9.19. The average Bonchev–Trinajstić information content (AvgIpc) is 2.36. The normalized spacial score (nSPS) is 12.5. The van der Waals surface area contributed by atoms with Crippen molar-refractivity contribution in [2.45, 2.75) is 19.6 Å². The molecule has 1 atom stereocenters. The van der Waals surface area contributed by atoms with E-state index in [2.05, 4.69) is 0 Å². The summed E-state index contributed by atoms with van der Waals surface area (Å²) in [6.45, 7) is 1.98. The van der Waals surface area contributed by atoms with E-state index in [0.29, 0.717) is 6.54 Å². The summed E-state index contributed by atoms with van der Waals surface area (Å²) in [7, 11) is 0. The summed E-state index contributed by atoms with van der Waals surface area (Å²) < 4.78 is 1.73. The minimum atomic E-state index is -0.502. The van der Waals surface area contributed by atoms with Crippen molar-refractivity contribution in [3.63, 3.8) is 0 Å². The second-order valence-corrected chi connectivity index (χ2v) is 2.40. The number of nitrogens with zero attached hydrogens (tertiary/aromatic N) is 2. The second-order valence-electron chi connectivity index (χ2n) is 2.40. The number of rotatable bonds is 2. The van der Waals surface area contributed by atoms with Crippen molar-refractivity contribution in [3.05, 3.63) is 24.0 Å². The standard InChI is InChI=1S/C8H10N2O/c1-7(11)8-3-2-5-10(8)6-4-9/h2-3,5,7,11H,6H2,1H3. The van der Waals surface area contributed by atoms with E-state index in [1.54, 1.807) is 17.7 Å². The van der Waals surface area contributed by atoms with Crippen LogP contribution in [0.3, 0.4) is 0 Å². The van der Waals surface area contributed by atoms with Gasteiger partial charge >= 0.3 is 0 Å². The Morgan fingerprint density at radius 1 is 1.82 bits per heavy atom. The Kier molecular flexibility index (Phi) is 2.29. The number of nitriles is 1. The predicted octanol–water partition coefficient (Wildman–Crippen LogP) is 1.06. The Bertz CT molecular complexity index is 270. The minimum Gasteiger partial charge on any atom is -0.387 e. The van der Waals surface area contributed by atoms with E-state index >= 15 is 0 Å². The molecule has 3 heteroatoms. The Hall–Kier alpha value is -1.27. The van der Waals surface area contributed by atoms with E-state index in [1.807, 2.05) is 18.2 Å². The van der Waals surface area contributed by atoms with Crippen LogP contribution in [0.2, 0.25) is 0 Å². The molecule has 0 aromatic carbocycles. The molecule has 3 nitrogen and oxygen atoms in total. The van der Waals surface area contributed by atoms with Crippen molar-refractivity contribution in [2.75, 3.05) is 0 Å². The zero-order valence-electron chi connectivity index (χ0n) is 6.36. The van der Waals surface area contributed by atoms with Crippen LogP contribution in [0.5, 0.6) is 0 Å². The molecule has 11 heavy (non-hydrogen) atoms. The summed E-state index contributed by atoms with van der Waals surface area (Å²) in [4.78, 5) is 0. The summed E-state index contributed by atoms with van der Waals surface area (Å²) in [6.07, 6.45) is 1.28. The van der Waals surface area contributed by atoms with Gasteiger partial charge in [0.2, 0.25) is 0 Å². The molecular formula is C8H10N2O. The largest absolute Gasteiger partial charge is 0.387 e. The topological polar surface area (TPSA) is 49.0 Å². The van der Waals surface area contributed by atoms with Gasteiger partial charge in [0.25, 0.3) is 0 Å². The molecule has 0 amide bonds. The summed E-state index contributed by atoms with van der Waals surface area (Å²) in [5, 5.41) is 17.6. The highest BCUT2D eigenvalue weighted by Gasteiger charge is 2.04. The van der Waals surface area contributed by atoms with Gasteiger partial charge in [-0.05, 0) is 19.1 Å². The minimum absolute atomic E-state index is 0.299. The monoisotopic (exact) mass is 150 g/mol. The molecule has 0 saturated carbocycles. The molecule has 1 heterocycles. The van der Waals surface area contributed by atoms with Gasteiger partial charge in [0.15, 0.2) is 0 Å². The third-order valence-electron chi connectivity index (χ3n) is 1.53. The Morgan fingerprint density at radius 2 is 2.55 bits per heavy atom. The first-order valence-electron chi connectivity index (χ1n) is 3.45. The smallest absolute Gasteiger partial charge is 0.109 e. The number of aliphatic hydroxyl groups is 1. The van der Waals surface area contributed by atoms with Crippen LogP contribution in [-0.4, -0.2) is 9.67 Å². The Balaban J connectivity index is 2.89. The zero-order chi connectivity index (χ0) is 8.27. The van der Waals surface area contributed by atoms with Crippen molar-refractivity contribution >= 4 is 0 Å². The summed E-state index contributed by atoms with van der Waals surface area (Å²) in [5.41, 5.74) is 0.784. The highest BCUT2D eigenvalue weighted by molar-refractivity contribution is 5.10. The molecule has 0 bridgehead atoms.